The minimum Gasteiger partial charge on any atom is -0.493 e. The Morgan fingerprint density at radius 2 is 1.75 bits per heavy atom. The summed E-state index contributed by atoms with van der Waals surface area (Å²) in [6.45, 7) is 4.73. The monoisotopic (exact) mass is 435 g/mol. The largest absolute Gasteiger partial charge is 0.493 e. The lowest BCUT2D eigenvalue weighted by Gasteiger charge is -2.15. The van der Waals surface area contributed by atoms with Gasteiger partial charge in [0.1, 0.15) is 5.75 Å². The van der Waals surface area contributed by atoms with Crippen LogP contribution in [0.5, 0.6) is 5.75 Å². The Morgan fingerprint density at radius 1 is 1.07 bits per heavy atom. The molecule has 0 N–H and O–H groups in total. The molecule has 2 amide bonds. The molecule has 3 rings (SSSR count). The van der Waals surface area contributed by atoms with Gasteiger partial charge < -0.3 is 4.74 Å². The first-order valence-electron chi connectivity index (χ1n) is 8.77. The minimum atomic E-state index is -0.371. The zero-order valence-corrected chi connectivity index (χ0v) is 17.8. The highest BCUT2D eigenvalue weighted by Crippen LogP contribution is 2.36. The lowest BCUT2D eigenvalue weighted by Crippen LogP contribution is -2.27. The lowest BCUT2D eigenvalue weighted by atomic mass is 10.1. The van der Waals surface area contributed by atoms with E-state index in [1.165, 1.54) is 0 Å². The molecule has 1 heterocycles. The second-order valence-electron chi connectivity index (χ2n) is 6.71. The van der Waals surface area contributed by atoms with E-state index in [1.807, 2.05) is 24.3 Å². The van der Waals surface area contributed by atoms with Crippen LogP contribution in [0.15, 0.2) is 47.4 Å². The van der Waals surface area contributed by atoms with Gasteiger partial charge in [-0.2, -0.15) is 0 Å². The van der Waals surface area contributed by atoms with Gasteiger partial charge in [0.2, 0.25) is 0 Å². The van der Waals surface area contributed by atoms with E-state index in [0.29, 0.717) is 38.8 Å². The first-order chi connectivity index (χ1) is 13.4. The second-order valence-corrected chi connectivity index (χ2v) is 8.52. The molecule has 0 saturated carbocycles. The molecule has 2 aromatic rings. The van der Waals surface area contributed by atoms with Gasteiger partial charge in [0, 0.05) is 21.2 Å². The fourth-order valence-electron chi connectivity index (χ4n) is 2.61. The van der Waals surface area contributed by atoms with Crippen LogP contribution in [0.4, 0.5) is 4.79 Å². The number of carbonyl (C=O) groups excluding carboxylic acids is 2. The summed E-state index contributed by atoms with van der Waals surface area (Å²) in [5.41, 5.74) is 1.31. The van der Waals surface area contributed by atoms with E-state index in [-0.39, 0.29) is 17.7 Å². The van der Waals surface area contributed by atoms with Crippen molar-refractivity contribution in [1.29, 1.82) is 0 Å². The minimum absolute atomic E-state index is 0.0337. The molecule has 7 heteroatoms. The summed E-state index contributed by atoms with van der Waals surface area (Å²) in [6, 6.07) is 12.5. The number of thioether (sulfide) groups is 1. The molecular formula is C21H19Cl2NO3S. The summed E-state index contributed by atoms with van der Waals surface area (Å²) in [7, 11) is 0. The zero-order chi connectivity index (χ0) is 20.3. The van der Waals surface area contributed by atoms with Crippen LogP contribution < -0.4 is 4.74 Å². The van der Waals surface area contributed by atoms with Crippen molar-refractivity contribution in [3.05, 3.63) is 68.5 Å². The van der Waals surface area contributed by atoms with E-state index in [1.54, 1.807) is 24.3 Å². The average Bonchev–Trinajstić information content (AvgIpc) is 2.91. The third kappa shape index (κ3) is 4.72. The molecule has 146 valence electrons. The van der Waals surface area contributed by atoms with Crippen molar-refractivity contribution in [1.82, 2.24) is 4.90 Å². The number of para-hydroxylation sites is 1. The number of benzene rings is 2. The Hall–Kier alpha value is -1.95. The summed E-state index contributed by atoms with van der Waals surface area (Å²) in [4.78, 5) is 26.7. The van der Waals surface area contributed by atoms with E-state index >= 15 is 0 Å². The fourth-order valence-corrected chi connectivity index (χ4v) is 3.95. The maximum absolute atomic E-state index is 12.8. The molecule has 0 bridgehead atoms. The smallest absolute Gasteiger partial charge is 0.293 e. The van der Waals surface area contributed by atoms with Crippen molar-refractivity contribution in [2.24, 2.45) is 5.92 Å². The number of ether oxygens (including phenoxy) is 1. The van der Waals surface area contributed by atoms with Crippen LogP contribution in [0, 0.1) is 5.92 Å². The summed E-state index contributed by atoms with van der Waals surface area (Å²) < 4.78 is 5.83. The summed E-state index contributed by atoms with van der Waals surface area (Å²) >= 11 is 13.3. The van der Waals surface area contributed by atoms with Gasteiger partial charge in [0.25, 0.3) is 11.1 Å². The summed E-state index contributed by atoms with van der Waals surface area (Å²) in [6.07, 6.45) is 1.69. The van der Waals surface area contributed by atoms with Gasteiger partial charge in [-0.05, 0) is 42.0 Å². The van der Waals surface area contributed by atoms with Crippen LogP contribution in [-0.4, -0.2) is 22.7 Å². The van der Waals surface area contributed by atoms with E-state index in [9.17, 15) is 9.59 Å². The fraction of sp³-hybridized carbons (Fsp3) is 0.238. The van der Waals surface area contributed by atoms with Crippen molar-refractivity contribution in [2.45, 2.75) is 20.4 Å². The number of hydrogen-bond donors (Lipinski definition) is 0. The molecule has 0 spiro atoms. The maximum Gasteiger partial charge on any atom is 0.293 e. The van der Waals surface area contributed by atoms with Crippen LogP contribution in [-0.2, 0) is 11.3 Å². The number of halogens is 2. The molecule has 1 aliphatic heterocycles. The molecule has 4 nitrogen and oxygen atoms in total. The Bertz CT molecular complexity index is 923. The predicted octanol–water partition coefficient (Wildman–Crippen LogP) is 6.26. The van der Waals surface area contributed by atoms with Crippen molar-refractivity contribution in [2.75, 3.05) is 6.61 Å². The Morgan fingerprint density at radius 3 is 2.43 bits per heavy atom. The van der Waals surface area contributed by atoms with Crippen molar-refractivity contribution < 1.29 is 14.3 Å². The standard InChI is InChI=1S/C21H19Cl2NO3S/c1-13(2)12-27-18-9-4-3-6-14(18)10-19-20(25)24(21(26)28-19)11-15-16(22)7-5-8-17(15)23/h3-10,13H,11-12H2,1-2H3/b19-10+. The van der Waals surface area contributed by atoms with Crippen LogP contribution in [0.25, 0.3) is 6.08 Å². The van der Waals surface area contributed by atoms with E-state index in [4.69, 9.17) is 27.9 Å². The zero-order valence-electron chi connectivity index (χ0n) is 15.4. The summed E-state index contributed by atoms with van der Waals surface area (Å²) in [5, 5.41) is 0.485. The lowest BCUT2D eigenvalue weighted by molar-refractivity contribution is -0.123. The molecule has 2 aromatic carbocycles. The molecule has 0 aliphatic carbocycles. The number of nitrogens with zero attached hydrogens (tertiary/aromatic N) is 1. The van der Waals surface area contributed by atoms with Crippen LogP contribution in [0.3, 0.4) is 0 Å². The van der Waals surface area contributed by atoms with Crippen LogP contribution >= 0.6 is 35.0 Å². The quantitative estimate of drug-likeness (QED) is 0.501. The molecule has 0 atom stereocenters. The predicted molar refractivity (Wildman–Crippen MR) is 115 cm³/mol. The Kier molecular flexibility index (Phi) is 6.70. The Balaban J connectivity index is 1.84. The van der Waals surface area contributed by atoms with E-state index < -0.39 is 0 Å². The highest BCUT2D eigenvalue weighted by atomic mass is 35.5. The molecule has 1 fully saturated rings. The molecule has 1 saturated heterocycles. The number of rotatable bonds is 6. The van der Waals surface area contributed by atoms with Crippen molar-refractivity contribution in [3.8, 4) is 5.75 Å². The highest BCUT2D eigenvalue weighted by Gasteiger charge is 2.35. The molecule has 1 aliphatic rings. The van der Waals surface area contributed by atoms with Gasteiger partial charge in [0.05, 0.1) is 18.1 Å². The van der Waals surface area contributed by atoms with Crippen LogP contribution in [0.1, 0.15) is 25.0 Å². The van der Waals surface area contributed by atoms with Crippen molar-refractivity contribution in [3.63, 3.8) is 0 Å². The maximum atomic E-state index is 12.8. The number of carbonyl (C=O) groups is 2. The third-order valence-corrected chi connectivity index (χ3v) is 5.64. The number of imide groups is 1. The van der Waals surface area contributed by atoms with Gasteiger partial charge >= 0.3 is 0 Å². The van der Waals surface area contributed by atoms with Gasteiger partial charge in [-0.1, -0.05) is 61.3 Å². The molecule has 28 heavy (non-hydrogen) atoms. The molecule has 0 unspecified atom stereocenters. The first-order valence-corrected chi connectivity index (χ1v) is 10.3. The van der Waals surface area contributed by atoms with Gasteiger partial charge in [-0.25, -0.2) is 0 Å². The van der Waals surface area contributed by atoms with Crippen LogP contribution in [0.2, 0.25) is 10.0 Å². The van der Waals surface area contributed by atoms with Gasteiger partial charge in [-0.15, -0.1) is 0 Å². The Labute approximate surface area is 178 Å². The summed E-state index contributed by atoms with van der Waals surface area (Å²) in [5.74, 6) is 0.683. The average molecular weight is 436 g/mol. The number of amides is 2. The normalized spacial score (nSPS) is 15.8. The molecule has 0 aromatic heterocycles. The van der Waals surface area contributed by atoms with Crippen molar-refractivity contribution >= 4 is 52.2 Å². The molecular weight excluding hydrogens is 417 g/mol. The number of hydrogen-bond acceptors (Lipinski definition) is 4. The second kappa shape index (κ2) is 9.03. The van der Waals surface area contributed by atoms with E-state index in [0.717, 1.165) is 22.2 Å². The third-order valence-electron chi connectivity index (χ3n) is 4.03. The SMILES string of the molecule is CC(C)COc1ccccc1/C=C1/SC(=O)N(Cc2c(Cl)cccc2Cl)C1=O. The first kappa shape index (κ1) is 20.8. The molecule has 0 radical (unpaired) electrons. The van der Waals surface area contributed by atoms with Gasteiger partial charge in [-0.3, -0.25) is 14.5 Å². The topological polar surface area (TPSA) is 46.6 Å². The van der Waals surface area contributed by atoms with E-state index in [2.05, 4.69) is 13.8 Å². The van der Waals surface area contributed by atoms with Gasteiger partial charge in [0.15, 0.2) is 0 Å². The highest BCUT2D eigenvalue weighted by molar-refractivity contribution is 8.18.